The van der Waals surface area contributed by atoms with E-state index in [4.69, 9.17) is 0 Å². The molecule has 0 aliphatic rings. The third-order valence-corrected chi connectivity index (χ3v) is 0.800. The lowest BCUT2D eigenvalue weighted by molar-refractivity contribution is 0.620. The van der Waals surface area contributed by atoms with E-state index in [1.165, 1.54) is 12.3 Å². The topological polar surface area (TPSA) is 12.9 Å². The molecule has 1 aromatic heterocycles. The van der Waals surface area contributed by atoms with Crippen molar-refractivity contribution >= 4 is 0 Å². The molecule has 0 fully saturated rings. The van der Waals surface area contributed by atoms with Crippen LogP contribution in [0.4, 0.5) is 4.39 Å². The van der Waals surface area contributed by atoms with Gasteiger partial charge in [0, 0.05) is 11.8 Å². The van der Waals surface area contributed by atoms with Crippen molar-refractivity contribution in [3.8, 4) is 0 Å². The Morgan fingerprint density at radius 3 is 2.88 bits per heavy atom. The highest BCUT2D eigenvalue weighted by Gasteiger charge is 1.85. The quantitative estimate of drug-likeness (QED) is 0.491. The molecule has 0 bridgehead atoms. The van der Waals surface area contributed by atoms with Crippen LogP contribution in [0.3, 0.4) is 0 Å². The maximum atomic E-state index is 12.0. The Labute approximate surface area is 47.2 Å². The normalized spacial score (nSPS) is 9.25. The first kappa shape index (κ1) is 5.22. The van der Waals surface area contributed by atoms with E-state index in [0.717, 1.165) is 0 Å². The average Bonchev–Trinajstić information content (AvgIpc) is 1.77. The van der Waals surface area contributed by atoms with Crippen molar-refractivity contribution in [3.05, 3.63) is 29.8 Å². The molecule has 0 amide bonds. The van der Waals surface area contributed by atoms with Gasteiger partial charge in [0.15, 0.2) is 0 Å². The number of aryl methyl sites for hydroxylation is 1. The maximum Gasteiger partial charge on any atom is 0.142 e. The van der Waals surface area contributed by atoms with Crippen molar-refractivity contribution in [1.82, 2.24) is 4.98 Å². The Hall–Kier alpha value is -0.920. The van der Waals surface area contributed by atoms with Gasteiger partial charge in [-0.15, -0.1) is 0 Å². The molecule has 0 aromatic carbocycles. The first-order chi connectivity index (χ1) is 3.79. The van der Waals surface area contributed by atoms with Crippen LogP contribution in [0.25, 0.3) is 0 Å². The average molecular weight is 110 g/mol. The van der Waals surface area contributed by atoms with Crippen LogP contribution in [0.5, 0.6) is 0 Å². The van der Waals surface area contributed by atoms with Gasteiger partial charge in [-0.25, -0.2) is 4.39 Å². The summed E-state index contributed by atoms with van der Waals surface area (Å²) in [6.07, 6.45) is 1.17. The van der Waals surface area contributed by atoms with E-state index in [1.807, 2.05) is 0 Å². The molecule has 0 aliphatic heterocycles. The van der Waals surface area contributed by atoms with Crippen LogP contribution in [0.15, 0.2) is 12.3 Å². The van der Waals surface area contributed by atoms with Gasteiger partial charge in [0.2, 0.25) is 0 Å². The monoisotopic (exact) mass is 110 g/mol. The summed E-state index contributed by atoms with van der Waals surface area (Å²) in [5, 5.41) is 0. The Bertz CT molecular complexity index is 147. The molecular formula is C6H5FN. The molecule has 1 heterocycles. The highest BCUT2D eigenvalue weighted by atomic mass is 19.1. The number of hydrogen-bond donors (Lipinski definition) is 0. The molecule has 1 rings (SSSR count). The summed E-state index contributed by atoms with van der Waals surface area (Å²) in [7, 11) is 0. The van der Waals surface area contributed by atoms with Crippen molar-refractivity contribution in [3.63, 3.8) is 0 Å². The molecule has 2 heteroatoms. The third-order valence-electron chi connectivity index (χ3n) is 0.800. The molecular weight excluding hydrogens is 105 g/mol. The zero-order valence-corrected chi connectivity index (χ0v) is 4.48. The molecule has 0 saturated carbocycles. The first-order valence-corrected chi connectivity index (χ1v) is 2.29. The van der Waals surface area contributed by atoms with Gasteiger partial charge in [-0.2, -0.15) is 0 Å². The highest BCUT2D eigenvalue weighted by Crippen LogP contribution is 1.93. The molecule has 1 nitrogen and oxygen atoms in total. The van der Waals surface area contributed by atoms with Crippen LogP contribution < -0.4 is 0 Å². The molecule has 1 aromatic rings. The number of rotatable bonds is 0. The Kier molecular flexibility index (Phi) is 1.24. The fourth-order valence-corrected chi connectivity index (χ4v) is 0.406. The second-order valence-corrected chi connectivity index (χ2v) is 1.52. The van der Waals surface area contributed by atoms with Crippen molar-refractivity contribution in [2.45, 2.75) is 6.92 Å². The molecule has 0 saturated heterocycles. The SMILES string of the molecule is Cc1[c]cc(F)cn1. The summed E-state index contributed by atoms with van der Waals surface area (Å²) in [6.45, 7) is 1.76. The van der Waals surface area contributed by atoms with E-state index >= 15 is 0 Å². The Balaban J connectivity index is 3.03. The zero-order chi connectivity index (χ0) is 5.98. The molecule has 0 aliphatic carbocycles. The smallest absolute Gasteiger partial charge is 0.142 e. The highest BCUT2D eigenvalue weighted by molar-refractivity contribution is 5.00. The minimum atomic E-state index is -0.337. The summed E-state index contributed by atoms with van der Waals surface area (Å²) >= 11 is 0. The van der Waals surface area contributed by atoms with Gasteiger partial charge >= 0.3 is 0 Å². The van der Waals surface area contributed by atoms with Crippen molar-refractivity contribution < 1.29 is 4.39 Å². The number of aromatic nitrogens is 1. The van der Waals surface area contributed by atoms with Gasteiger partial charge < -0.3 is 0 Å². The maximum absolute atomic E-state index is 12.0. The molecule has 0 atom stereocenters. The molecule has 0 N–H and O–H groups in total. The summed E-state index contributed by atoms with van der Waals surface area (Å²) in [6, 6.07) is 3.88. The van der Waals surface area contributed by atoms with Gasteiger partial charge in [0.25, 0.3) is 0 Å². The molecule has 41 valence electrons. The first-order valence-electron chi connectivity index (χ1n) is 2.29. The van der Waals surface area contributed by atoms with E-state index in [9.17, 15) is 4.39 Å². The van der Waals surface area contributed by atoms with Crippen LogP contribution in [0.1, 0.15) is 5.69 Å². The Morgan fingerprint density at radius 2 is 2.50 bits per heavy atom. The minimum Gasteiger partial charge on any atom is -0.258 e. The minimum absolute atomic E-state index is 0.337. The van der Waals surface area contributed by atoms with Gasteiger partial charge in [0.1, 0.15) is 5.82 Å². The van der Waals surface area contributed by atoms with Crippen molar-refractivity contribution in [2.24, 2.45) is 0 Å². The van der Waals surface area contributed by atoms with Crippen molar-refractivity contribution in [1.29, 1.82) is 0 Å². The van der Waals surface area contributed by atoms with E-state index in [1.54, 1.807) is 6.92 Å². The van der Waals surface area contributed by atoms with Crippen LogP contribution in [-0.4, -0.2) is 4.98 Å². The standard InChI is InChI=1S/C6H5FN/c1-5-2-3-6(7)4-8-5/h3-4H,1H3. The number of hydrogen-bond acceptors (Lipinski definition) is 1. The molecule has 8 heavy (non-hydrogen) atoms. The van der Waals surface area contributed by atoms with Crippen LogP contribution in [-0.2, 0) is 0 Å². The van der Waals surface area contributed by atoms with E-state index < -0.39 is 0 Å². The van der Waals surface area contributed by atoms with E-state index in [0.29, 0.717) is 5.69 Å². The third kappa shape index (κ3) is 1.03. The number of halogens is 1. The van der Waals surface area contributed by atoms with E-state index in [-0.39, 0.29) is 5.82 Å². The largest absolute Gasteiger partial charge is 0.258 e. The molecule has 1 radical (unpaired) electrons. The van der Waals surface area contributed by atoms with Gasteiger partial charge in [0.05, 0.1) is 6.20 Å². The lowest BCUT2D eigenvalue weighted by atomic mass is 10.4. The summed E-state index contributed by atoms with van der Waals surface area (Å²) in [5.41, 5.74) is 0.714. The zero-order valence-electron chi connectivity index (χ0n) is 4.48. The summed E-state index contributed by atoms with van der Waals surface area (Å²) in [4.78, 5) is 3.65. The second-order valence-electron chi connectivity index (χ2n) is 1.52. The van der Waals surface area contributed by atoms with Gasteiger partial charge in [-0.3, -0.25) is 4.98 Å². The van der Waals surface area contributed by atoms with Gasteiger partial charge in [-0.05, 0) is 13.0 Å². The van der Waals surface area contributed by atoms with Gasteiger partial charge in [-0.1, -0.05) is 0 Å². The van der Waals surface area contributed by atoms with Crippen LogP contribution in [0, 0.1) is 18.8 Å². The van der Waals surface area contributed by atoms with E-state index in [2.05, 4.69) is 11.1 Å². The lowest BCUT2D eigenvalue weighted by Gasteiger charge is -1.85. The number of pyridine rings is 1. The summed E-state index contributed by atoms with van der Waals surface area (Å²) in [5.74, 6) is -0.337. The number of nitrogens with zero attached hydrogens (tertiary/aromatic N) is 1. The molecule has 0 unspecified atom stereocenters. The summed E-state index contributed by atoms with van der Waals surface area (Å²) < 4.78 is 12.0. The predicted molar refractivity (Wildman–Crippen MR) is 27.8 cm³/mol. The second kappa shape index (κ2) is 1.90. The van der Waals surface area contributed by atoms with Crippen LogP contribution >= 0.6 is 0 Å². The predicted octanol–water partition coefficient (Wildman–Crippen LogP) is 1.33. The van der Waals surface area contributed by atoms with Crippen molar-refractivity contribution in [2.75, 3.05) is 0 Å². The van der Waals surface area contributed by atoms with Crippen LogP contribution in [0.2, 0.25) is 0 Å². The fraction of sp³-hybridized carbons (Fsp3) is 0.167. The fourth-order valence-electron chi connectivity index (χ4n) is 0.406. The Morgan fingerprint density at radius 1 is 1.75 bits per heavy atom. The lowest BCUT2D eigenvalue weighted by Crippen LogP contribution is -1.80. The molecule has 0 spiro atoms.